The van der Waals surface area contributed by atoms with Crippen LogP contribution in [-0.2, 0) is 6.61 Å². The normalized spacial score (nSPS) is 11.1. The van der Waals surface area contributed by atoms with Gasteiger partial charge in [0.2, 0.25) is 5.88 Å². The number of aromatic nitrogens is 2. The highest BCUT2D eigenvalue weighted by molar-refractivity contribution is 6.30. The van der Waals surface area contributed by atoms with Gasteiger partial charge in [-0.2, -0.15) is 5.10 Å². The molecule has 0 aliphatic carbocycles. The third-order valence-corrected chi connectivity index (χ3v) is 3.07. The Morgan fingerprint density at radius 2 is 2.16 bits per heavy atom. The van der Waals surface area contributed by atoms with E-state index in [-0.39, 0.29) is 12.6 Å². The van der Waals surface area contributed by atoms with Gasteiger partial charge in [-0.05, 0) is 39.0 Å². The van der Waals surface area contributed by atoms with Crippen LogP contribution in [0.5, 0.6) is 11.6 Å². The summed E-state index contributed by atoms with van der Waals surface area (Å²) >= 11 is 5.94. The van der Waals surface area contributed by atoms with E-state index >= 15 is 0 Å². The van der Waals surface area contributed by atoms with E-state index in [0.29, 0.717) is 22.3 Å². The summed E-state index contributed by atoms with van der Waals surface area (Å²) < 4.78 is 7.64. The lowest BCUT2D eigenvalue weighted by Crippen LogP contribution is -2.05. The summed E-state index contributed by atoms with van der Waals surface area (Å²) in [6, 6.07) is 7.35. The molecule has 0 unspecified atom stereocenters. The Labute approximate surface area is 117 Å². The Hall–Kier alpha value is -1.52. The quantitative estimate of drug-likeness (QED) is 0.929. The lowest BCUT2D eigenvalue weighted by atomic mass is 10.2. The molecule has 0 atom stereocenters. The zero-order valence-electron chi connectivity index (χ0n) is 11.2. The number of hydrogen-bond acceptors (Lipinski definition) is 3. The number of hydrogen-bond donors (Lipinski definition) is 1. The summed E-state index contributed by atoms with van der Waals surface area (Å²) in [7, 11) is 0. The van der Waals surface area contributed by atoms with Crippen molar-refractivity contribution >= 4 is 11.6 Å². The number of nitrogens with zero attached hydrogens (tertiary/aromatic N) is 2. The predicted octanol–water partition coefficient (Wildman–Crippen LogP) is 3.71. The minimum absolute atomic E-state index is 0.0997. The van der Waals surface area contributed by atoms with E-state index < -0.39 is 0 Å². The number of rotatable bonds is 4. The fraction of sp³-hybridized carbons (Fsp3) is 0.357. The molecule has 102 valence electrons. The Kier molecular flexibility index (Phi) is 4.12. The maximum atomic E-state index is 9.30. The van der Waals surface area contributed by atoms with E-state index in [9.17, 15) is 5.11 Å². The lowest BCUT2D eigenvalue weighted by molar-refractivity contribution is 0.273. The molecule has 2 aromatic rings. The maximum Gasteiger partial charge on any atom is 0.221 e. The van der Waals surface area contributed by atoms with Crippen LogP contribution in [0.4, 0.5) is 0 Å². The first-order valence-electron chi connectivity index (χ1n) is 6.15. The molecule has 1 heterocycles. The van der Waals surface area contributed by atoms with Crippen molar-refractivity contribution in [1.82, 2.24) is 9.78 Å². The number of aliphatic hydroxyl groups excluding tert-OH is 1. The highest BCUT2D eigenvalue weighted by atomic mass is 35.5. The smallest absolute Gasteiger partial charge is 0.221 e. The molecule has 0 saturated heterocycles. The van der Waals surface area contributed by atoms with Crippen molar-refractivity contribution in [2.24, 2.45) is 0 Å². The molecular weight excluding hydrogens is 264 g/mol. The van der Waals surface area contributed by atoms with Crippen LogP contribution in [0.1, 0.15) is 31.1 Å². The van der Waals surface area contributed by atoms with Crippen molar-refractivity contribution in [2.75, 3.05) is 0 Å². The summed E-state index contributed by atoms with van der Waals surface area (Å²) in [6.45, 7) is 5.81. The van der Waals surface area contributed by atoms with Gasteiger partial charge in [0.05, 0.1) is 18.3 Å². The van der Waals surface area contributed by atoms with E-state index in [4.69, 9.17) is 16.3 Å². The second kappa shape index (κ2) is 5.63. The van der Waals surface area contributed by atoms with Crippen LogP contribution in [0.3, 0.4) is 0 Å². The molecule has 0 aliphatic rings. The van der Waals surface area contributed by atoms with E-state index in [1.807, 2.05) is 32.9 Å². The summed E-state index contributed by atoms with van der Waals surface area (Å²) in [5, 5.41) is 14.3. The molecule has 0 bridgehead atoms. The second-order valence-corrected chi connectivity index (χ2v) is 5.07. The van der Waals surface area contributed by atoms with E-state index in [2.05, 4.69) is 5.10 Å². The number of benzene rings is 1. The third-order valence-electron chi connectivity index (χ3n) is 2.84. The average Bonchev–Trinajstić information content (AvgIpc) is 2.67. The molecule has 2 rings (SSSR count). The molecule has 1 aromatic heterocycles. The molecule has 4 nitrogen and oxygen atoms in total. The van der Waals surface area contributed by atoms with Gasteiger partial charge in [-0.1, -0.05) is 17.7 Å². The van der Waals surface area contributed by atoms with Crippen LogP contribution in [0.2, 0.25) is 5.02 Å². The fourth-order valence-electron chi connectivity index (χ4n) is 1.81. The number of halogens is 1. The summed E-state index contributed by atoms with van der Waals surface area (Å²) in [5.41, 5.74) is 1.47. The van der Waals surface area contributed by atoms with Gasteiger partial charge in [0.1, 0.15) is 5.75 Å². The predicted molar refractivity (Wildman–Crippen MR) is 74.8 cm³/mol. The Morgan fingerprint density at radius 1 is 1.42 bits per heavy atom. The molecule has 0 saturated carbocycles. The molecule has 0 radical (unpaired) electrons. The summed E-state index contributed by atoms with van der Waals surface area (Å²) in [6.07, 6.45) is 0. The van der Waals surface area contributed by atoms with Crippen molar-refractivity contribution < 1.29 is 9.84 Å². The lowest BCUT2D eigenvalue weighted by Gasteiger charge is -2.12. The van der Waals surface area contributed by atoms with Gasteiger partial charge in [0.25, 0.3) is 0 Å². The van der Waals surface area contributed by atoms with E-state index in [1.54, 1.807) is 16.8 Å². The first-order chi connectivity index (χ1) is 9.02. The minimum atomic E-state index is -0.0997. The Morgan fingerprint density at radius 3 is 2.74 bits per heavy atom. The Bertz CT molecular complexity index is 579. The van der Waals surface area contributed by atoms with Gasteiger partial charge in [0.15, 0.2) is 0 Å². The van der Waals surface area contributed by atoms with Crippen molar-refractivity contribution in [3.05, 3.63) is 40.5 Å². The second-order valence-electron chi connectivity index (χ2n) is 4.63. The minimum Gasteiger partial charge on any atom is -0.439 e. The highest BCUT2D eigenvalue weighted by Gasteiger charge is 2.17. The van der Waals surface area contributed by atoms with Crippen LogP contribution in [0.15, 0.2) is 24.3 Å². The molecule has 0 spiro atoms. The molecule has 0 amide bonds. The van der Waals surface area contributed by atoms with Gasteiger partial charge in [0, 0.05) is 10.6 Å². The van der Waals surface area contributed by atoms with Crippen molar-refractivity contribution in [3.63, 3.8) is 0 Å². The third kappa shape index (κ3) is 2.91. The van der Waals surface area contributed by atoms with Crippen molar-refractivity contribution in [2.45, 2.75) is 33.4 Å². The van der Waals surface area contributed by atoms with Gasteiger partial charge in [-0.15, -0.1) is 0 Å². The first kappa shape index (κ1) is 13.9. The standard InChI is InChI=1S/C14H17ClN2O2/c1-9(2)17-14(10(3)13(8-18)16-17)19-12-6-4-5-11(15)7-12/h4-7,9,18H,8H2,1-3H3. The van der Waals surface area contributed by atoms with Gasteiger partial charge in [-0.3, -0.25) is 0 Å². The van der Waals surface area contributed by atoms with Crippen LogP contribution < -0.4 is 4.74 Å². The van der Waals surface area contributed by atoms with Gasteiger partial charge in [-0.25, -0.2) is 4.68 Å². The van der Waals surface area contributed by atoms with Gasteiger partial charge < -0.3 is 9.84 Å². The zero-order valence-corrected chi connectivity index (χ0v) is 12.0. The van der Waals surface area contributed by atoms with Crippen LogP contribution in [0, 0.1) is 6.92 Å². The monoisotopic (exact) mass is 280 g/mol. The molecular formula is C14H17ClN2O2. The molecule has 0 fully saturated rings. The highest BCUT2D eigenvalue weighted by Crippen LogP contribution is 2.30. The van der Waals surface area contributed by atoms with E-state index in [1.165, 1.54) is 0 Å². The SMILES string of the molecule is Cc1c(CO)nn(C(C)C)c1Oc1cccc(Cl)c1. The van der Waals surface area contributed by atoms with Gasteiger partial charge >= 0.3 is 0 Å². The van der Waals surface area contributed by atoms with Crippen molar-refractivity contribution in [3.8, 4) is 11.6 Å². The van der Waals surface area contributed by atoms with Crippen LogP contribution in [0.25, 0.3) is 0 Å². The largest absolute Gasteiger partial charge is 0.439 e. The van der Waals surface area contributed by atoms with Crippen LogP contribution in [-0.4, -0.2) is 14.9 Å². The topological polar surface area (TPSA) is 47.3 Å². The first-order valence-corrected chi connectivity index (χ1v) is 6.53. The summed E-state index contributed by atoms with van der Waals surface area (Å²) in [4.78, 5) is 0. The van der Waals surface area contributed by atoms with Crippen molar-refractivity contribution in [1.29, 1.82) is 0 Å². The molecule has 1 aromatic carbocycles. The fourth-order valence-corrected chi connectivity index (χ4v) is 1.99. The molecule has 19 heavy (non-hydrogen) atoms. The summed E-state index contributed by atoms with van der Waals surface area (Å²) in [5.74, 6) is 1.29. The molecule has 5 heteroatoms. The zero-order chi connectivity index (χ0) is 14.0. The van der Waals surface area contributed by atoms with Crippen LogP contribution >= 0.6 is 11.6 Å². The Balaban J connectivity index is 2.41. The van der Waals surface area contributed by atoms with E-state index in [0.717, 1.165) is 5.56 Å². The maximum absolute atomic E-state index is 9.30. The molecule has 1 N–H and O–H groups in total. The number of aliphatic hydroxyl groups is 1. The molecule has 0 aliphatic heterocycles. The average molecular weight is 281 g/mol. The number of ether oxygens (including phenoxy) is 1.